The maximum Gasteiger partial charge on any atom is 0.223 e. The highest BCUT2D eigenvalue weighted by Gasteiger charge is 2.18. The molecule has 9 heteroatoms. The van der Waals surface area contributed by atoms with Gasteiger partial charge in [-0.15, -0.1) is 11.3 Å². The smallest absolute Gasteiger partial charge is 0.223 e. The molecule has 0 spiro atoms. The molecule has 1 aliphatic rings. The molecule has 1 aromatic heterocycles. The van der Waals surface area contributed by atoms with E-state index in [1.807, 2.05) is 24.3 Å². The van der Waals surface area contributed by atoms with Gasteiger partial charge in [0.05, 0.1) is 6.54 Å². The fourth-order valence-corrected chi connectivity index (χ4v) is 6.23. The summed E-state index contributed by atoms with van der Waals surface area (Å²) >= 11 is 1.27. The van der Waals surface area contributed by atoms with Crippen molar-refractivity contribution in [2.75, 3.05) is 39.1 Å². The van der Waals surface area contributed by atoms with E-state index in [4.69, 9.17) is 0 Å². The van der Waals surface area contributed by atoms with Crippen molar-refractivity contribution in [2.45, 2.75) is 17.1 Å². The number of thiophene rings is 1. The number of rotatable bonds is 10. The SMILES string of the molecule is CN(CCc1ccc(C2=NCCN2)cc1)C(=O)CCNCS(=O)(=O)c1cc2ccccc2s1. The van der Waals surface area contributed by atoms with Gasteiger partial charge in [-0.3, -0.25) is 9.79 Å². The van der Waals surface area contributed by atoms with Crippen molar-refractivity contribution < 1.29 is 13.2 Å². The van der Waals surface area contributed by atoms with Gasteiger partial charge in [-0.2, -0.15) is 0 Å². The van der Waals surface area contributed by atoms with E-state index in [-0.39, 0.29) is 18.2 Å². The maximum absolute atomic E-state index is 12.6. The van der Waals surface area contributed by atoms with Gasteiger partial charge in [0.25, 0.3) is 0 Å². The summed E-state index contributed by atoms with van der Waals surface area (Å²) in [4.78, 5) is 18.5. The van der Waals surface area contributed by atoms with Crippen LogP contribution in [0.4, 0.5) is 0 Å². The minimum absolute atomic E-state index is 0.0112. The Morgan fingerprint density at radius 2 is 1.97 bits per heavy atom. The van der Waals surface area contributed by atoms with Crippen molar-refractivity contribution in [3.05, 3.63) is 65.7 Å². The van der Waals surface area contributed by atoms with Crippen LogP contribution in [0, 0.1) is 0 Å². The Hall–Kier alpha value is -2.75. The summed E-state index contributed by atoms with van der Waals surface area (Å²) in [7, 11) is -1.65. The van der Waals surface area contributed by atoms with Crippen molar-refractivity contribution in [3.63, 3.8) is 0 Å². The summed E-state index contributed by atoms with van der Waals surface area (Å²) in [5.74, 6) is 0.752. The molecule has 0 radical (unpaired) electrons. The van der Waals surface area contributed by atoms with Gasteiger partial charge in [0.1, 0.15) is 15.9 Å². The first-order valence-electron chi connectivity index (χ1n) is 11.0. The fraction of sp³-hybridized carbons (Fsp3) is 0.333. The summed E-state index contributed by atoms with van der Waals surface area (Å²) in [5, 5.41) is 7.10. The Morgan fingerprint density at radius 3 is 2.70 bits per heavy atom. The largest absolute Gasteiger partial charge is 0.368 e. The van der Waals surface area contributed by atoms with E-state index in [9.17, 15) is 13.2 Å². The summed E-state index contributed by atoms with van der Waals surface area (Å²) in [6.07, 6.45) is 1.01. The molecular weight excluding hydrogens is 456 g/mol. The molecule has 0 saturated carbocycles. The Morgan fingerprint density at radius 1 is 1.18 bits per heavy atom. The van der Waals surface area contributed by atoms with Gasteiger partial charge < -0.3 is 15.5 Å². The number of fused-ring (bicyclic) bond motifs is 1. The molecule has 174 valence electrons. The predicted molar refractivity (Wildman–Crippen MR) is 134 cm³/mol. The van der Waals surface area contributed by atoms with E-state index < -0.39 is 9.84 Å². The second-order valence-corrected chi connectivity index (χ2v) is 11.3. The number of benzene rings is 2. The van der Waals surface area contributed by atoms with Crippen LogP contribution in [0.1, 0.15) is 17.5 Å². The minimum atomic E-state index is -3.43. The molecule has 1 amide bonds. The van der Waals surface area contributed by atoms with E-state index in [0.717, 1.165) is 46.6 Å². The first kappa shape index (κ1) is 23.4. The third-order valence-electron chi connectivity index (χ3n) is 5.58. The molecule has 0 aliphatic carbocycles. The highest BCUT2D eigenvalue weighted by atomic mass is 32.2. The maximum atomic E-state index is 12.6. The highest BCUT2D eigenvalue weighted by molar-refractivity contribution is 7.93. The Bertz CT molecular complexity index is 1220. The van der Waals surface area contributed by atoms with Crippen molar-refractivity contribution in [1.29, 1.82) is 0 Å². The number of sulfone groups is 1. The second-order valence-electron chi connectivity index (χ2n) is 8.03. The molecule has 3 aromatic rings. The van der Waals surface area contributed by atoms with E-state index in [1.54, 1.807) is 18.0 Å². The third-order valence-corrected chi connectivity index (χ3v) is 8.82. The molecule has 2 aromatic carbocycles. The number of carbonyl (C=O) groups excluding carboxylic acids is 1. The van der Waals surface area contributed by atoms with Crippen LogP contribution in [0.25, 0.3) is 10.1 Å². The van der Waals surface area contributed by atoms with E-state index in [1.165, 1.54) is 11.3 Å². The van der Waals surface area contributed by atoms with Gasteiger partial charge in [0.15, 0.2) is 0 Å². The highest BCUT2D eigenvalue weighted by Crippen LogP contribution is 2.29. The molecule has 0 bridgehead atoms. The van der Waals surface area contributed by atoms with Crippen LogP contribution in [0.15, 0.2) is 63.8 Å². The zero-order valence-corrected chi connectivity index (χ0v) is 20.2. The Kier molecular flexibility index (Phi) is 7.42. The molecule has 2 heterocycles. The number of hydrogen-bond acceptors (Lipinski definition) is 7. The third kappa shape index (κ3) is 5.98. The molecular formula is C24H28N4O3S2. The number of likely N-dealkylation sites (N-methyl/N-ethyl adjacent to an activating group) is 1. The molecule has 4 rings (SSSR count). The Labute approximate surface area is 198 Å². The number of amidine groups is 1. The molecule has 0 fully saturated rings. The van der Waals surface area contributed by atoms with E-state index in [2.05, 4.69) is 39.9 Å². The number of nitrogens with zero attached hydrogens (tertiary/aromatic N) is 2. The average molecular weight is 485 g/mol. The van der Waals surface area contributed by atoms with Gasteiger partial charge in [-0.1, -0.05) is 42.5 Å². The van der Waals surface area contributed by atoms with Crippen molar-refractivity contribution in [3.8, 4) is 0 Å². The van der Waals surface area contributed by atoms with Crippen molar-refractivity contribution in [2.24, 2.45) is 4.99 Å². The zero-order chi connectivity index (χ0) is 23.3. The quantitative estimate of drug-likeness (QED) is 0.432. The zero-order valence-electron chi connectivity index (χ0n) is 18.6. The molecule has 0 atom stereocenters. The fourth-order valence-electron chi connectivity index (χ4n) is 3.62. The first-order chi connectivity index (χ1) is 15.9. The average Bonchev–Trinajstić information content (AvgIpc) is 3.51. The van der Waals surface area contributed by atoms with Crippen LogP contribution >= 0.6 is 11.3 Å². The molecule has 7 nitrogen and oxygen atoms in total. The van der Waals surface area contributed by atoms with Crippen LogP contribution in [0.5, 0.6) is 0 Å². The normalized spacial score (nSPS) is 13.7. The van der Waals surface area contributed by atoms with Crippen LogP contribution in [-0.4, -0.2) is 64.2 Å². The number of nitrogens with one attached hydrogen (secondary N) is 2. The first-order valence-corrected chi connectivity index (χ1v) is 13.4. The summed E-state index contributed by atoms with van der Waals surface area (Å²) in [6.45, 7) is 2.63. The van der Waals surface area contributed by atoms with Crippen LogP contribution in [0.2, 0.25) is 0 Å². The van der Waals surface area contributed by atoms with Gasteiger partial charge in [0.2, 0.25) is 15.7 Å². The van der Waals surface area contributed by atoms with E-state index >= 15 is 0 Å². The minimum Gasteiger partial charge on any atom is -0.368 e. The molecule has 2 N–H and O–H groups in total. The standard InChI is InChI=1S/C24H28N4O3S2/c1-28(15-11-18-6-8-19(9-7-18)24-26-13-14-27-24)22(29)10-12-25-17-33(30,31)23-16-20-4-2-3-5-21(20)32-23/h2-9,16,25H,10-15,17H2,1H3,(H,26,27). The topological polar surface area (TPSA) is 90.9 Å². The number of hydrogen-bond donors (Lipinski definition) is 2. The summed E-state index contributed by atoms with van der Waals surface area (Å²) < 4.78 is 26.5. The lowest BCUT2D eigenvalue weighted by Gasteiger charge is -2.17. The molecule has 1 aliphatic heterocycles. The van der Waals surface area contributed by atoms with Crippen LogP contribution < -0.4 is 10.6 Å². The van der Waals surface area contributed by atoms with Crippen molar-refractivity contribution in [1.82, 2.24) is 15.5 Å². The molecule has 0 saturated heterocycles. The number of aliphatic imine (C=N–C) groups is 1. The lowest BCUT2D eigenvalue weighted by molar-refractivity contribution is -0.129. The molecule has 33 heavy (non-hydrogen) atoms. The lowest BCUT2D eigenvalue weighted by atomic mass is 10.1. The van der Waals surface area contributed by atoms with Gasteiger partial charge in [-0.25, -0.2) is 8.42 Å². The molecule has 0 unspecified atom stereocenters. The summed E-state index contributed by atoms with van der Waals surface area (Å²) in [5.41, 5.74) is 2.24. The number of carbonyl (C=O) groups is 1. The predicted octanol–water partition coefficient (Wildman–Crippen LogP) is 2.66. The van der Waals surface area contributed by atoms with E-state index in [0.29, 0.717) is 17.3 Å². The van der Waals surface area contributed by atoms with Crippen molar-refractivity contribution >= 4 is 43.0 Å². The second kappa shape index (κ2) is 10.5. The summed E-state index contributed by atoms with van der Waals surface area (Å²) in [6, 6.07) is 17.6. The lowest BCUT2D eigenvalue weighted by Crippen LogP contribution is -2.32. The monoisotopic (exact) mass is 484 g/mol. The van der Waals surface area contributed by atoms with Gasteiger partial charge in [0, 0.05) is 43.4 Å². The van der Waals surface area contributed by atoms with Gasteiger partial charge >= 0.3 is 0 Å². The van der Waals surface area contributed by atoms with Crippen LogP contribution in [0.3, 0.4) is 0 Å². The number of amides is 1. The Balaban J connectivity index is 1.19. The van der Waals surface area contributed by atoms with Gasteiger partial charge in [-0.05, 0) is 29.5 Å². The van der Waals surface area contributed by atoms with Crippen LogP contribution in [-0.2, 0) is 21.1 Å².